The molecular weight excluding hydrogens is 439 g/mol. The predicted molar refractivity (Wildman–Crippen MR) is 120 cm³/mol. The second-order valence-corrected chi connectivity index (χ2v) is 5.74. The number of guanidine groups is 1. The molecule has 144 valence electrons. The Balaban J connectivity index is 0.00000338. The molecule has 2 aromatic heterocycles. The summed E-state index contributed by atoms with van der Waals surface area (Å²) in [6, 6.07) is 8.25. The lowest BCUT2D eigenvalue weighted by Gasteiger charge is -2.19. The number of nitrogens with zero attached hydrogens (tertiary/aromatic N) is 4. The molecule has 0 aliphatic rings. The number of halogens is 1. The summed E-state index contributed by atoms with van der Waals surface area (Å²) in [6.45, 7) is 11.5. The van der Waals surface area contributed by atoms with Crippen LogP contribution >= 0.6 is 24.0 Å². The number of hydrogen-bond acceptors (Lipinski definition) is 3. The smallest absolute Gasteiger partial charge is 0.191 e. The summed E-state index contributed by atoms with van der Waals surface area (Å²) < 4.78 is 2.15. The number of rotatable bonds is 9. The van der Waals surface area contributed by atoms with Gasteiger partial charge in [0.05, 0.1) is 6.54 Å². The van der Waals surface area contributed by atoms with E-state index in [1.807, 2.05) is 18.3 Å². The van der Waals surface area contributed by atoms with Crippen LogP contribution in [-0.2, 0) is 13.1 Å². The lowest BCUT2D eigenvalue weighted by molar-refractivity contribution is 0.665. The summed E-state index contributed by atoms with van der Waals surface area (Å²) in [5.41, 5.74) is 1.11. The maximum atomic E-state index is 4.65. The number of aliphatic imine (C=N–C) groups is 1. The van der Waals surface area contributed by atoms with Crippen molar-refractivity contribution in [3.05, 3.63) is 48.4 Å². The maximum Gasteiger partial charge on any atom is 0.191 e. The molecule has 0 aliphatic heterocycles. The van der Waals surface area contributed by atoms with Gasteiger partial charge in [0.1, 0.15) is 5.82 Å². The van der Waals surface area contributed by atoms with Crippen LogP contribution in [0.3, 0.4) is 0 Å². The third kappa shape index (κ3) is 7.23. The van der Waals surface area contributed by atoms with Gasteiger partial charge in [0.15, 0.2) is 5.96 Å². The Hall–Kier alpha value is -1.77. The van der Waals surface area contributed by atoms with E-state index in [9.17, 15) is 0 Å². The van der Waals surface area contributed by atoms with E-state index in [4.69, 9.17) is 0 Å². The highest BCUT2D eigenvalue weighted by Gasteiger charge is 2.03. The van der Waals surface area contributed by atoms with Gasteiger partial charge in [-0.05, 0) is 44.5 Å². The predicted octanol–water partition coefficient (Wildman–Crippen LogP) is 3.10. The fourth-order valence-corrected chi connectivity index (χ4v) is 2.58. The monoisotopic (exact) mass is 470 g/mol. The van der Waals surface area contributed by atoms with Crippen molar-refractivity contribution in [2.45, 2.75) is 33.9 Å². The molecule has 0 atom stereocenters. The summed E-state index contributed by atoms with van der Waals surface area (Å²) in [7, 11) is 0. The first-order valence-corrected chi connectivity index (χ1v) is 9.09. The molecule has 26 heavy (non-hydrogen) atoms. The van der Waals surface area contributed by atoms with Gasteiger partial charge in [0, 0.05) is 51.3 Å². The Bertz CT molecular complexity index is 620. The molecule has 6 nitrogen and oxygen atoms in total. The second kappa shape index (κ2) is 12.6. The zero-order chi connectivity index (χ0) is 17.9. The quantitative estimate of drug-likeness (QED) is 0.336. The van der Waals surface area contributed by atoms with Crippen LogP contribution in [0, 0.1) is 0 Å². The standard InChI is InChI=1S/C19H30N6.HI/c1-4-20-19(21-11-14-24-12-7-8-13-24)23-16-17-9-10-18(22-15-17)25(5-2)6-3;/h7-10,12-13,15H,4-6,11,14,16H2,1-3H3,(H2,20,21,23);1H. The first kappa shape index (κ1) is 22.3. The zero-order valence-corrected chi connectivity index (χ0v) is 18.3. The number of hydrogen-bond donors (Lipinski definition) is 2. The first-order chi connectivity index (χ1) is 12.3. The molecule has 0 saturated heterocycles. The van der Waals surface area contributed by atoms with E-state index in [2.05, 4.69) is 75.4 Å². The first-order valence-electron chi connectivity index (χ1n) is 9.09. The van der Waals surface area contributed by atoms with Gasteiger partial charge in [-0.15, -0.1) is 24.0 Å². The third-order valence-corrected chi connectivity index (χ3v) is 3.99. The summed E-state index contributed by atoms with van der Waals surface area (Å²) in [5.74, 6) is 1.86. The van der Waals surface area contributed by atoms with Crippen molar-refractivity contribution in [3.8, 4) is 0 Å². The van der Waals surface area contributed by atoms with Crippen molar-refractivity contribution in [3.63, 3.8) is 0 Å². The molecule has 2 aromatic rings. The van der Waals surface area contributed by atoms with Gasteiger partial charge in [-0.2, -0.15) is 0 Å². The van der Waals surface area contributed by atoms with Crippen LogP contribution in [0.1, 0.15) is 26.3 Å². The molecule has 0 saturated carbocycles. The Morgan fingerprint density at radius 2 is 1.85 bits per heavy atom. The molecule has 0 bridgehead atoms. The molecule has 0 amide bonds. The summed E-state index contributed by atoms with van der Waals surface area (Å²) >= 11 is 0. The van der Waals surface area contributed by atoms with E-state index >= 15 is 0 Å². The SMILES string of the molecule is CCNC(=NCc1ccc(N(CC)CC)nc1)NCCn1cccc1.I. The van der Waals surface area contributed by atoms with E-state index in [0.717, 1.165) is 50.1 Å². The van der Waals surface area contributed by atoms with Crippen molar-refractivity contribution >= 4 is 35.8 Å². The molecule has 0 fully saturated rings. The van der Waals surface area contributed by atoms with Crippen molar-refractivity contribution in [2.24, 2.45) is 4.99 Å². The number of anilines is 1. The number of nitrogens with one attached hydrogen (secondary N) is 2. The highest BCUT2D eigenvalue weighted by Crippen LogP contribution is 2.11. The highest BCUT2D eigenvalue weighted by atomic mass is 127. The third-order valence-electron chi connectivity index (χ3n) is 3.99. The number of aromatic nitrogens is 2. The lowest BCUT2D eigenvalue weighted by atomic mass is 10.3. The molecule has 2 N–H and O–H groups in total. The molecule has 0 aromatic carbocycles. The number of pyridine rings is 1. The van der Waals surface area contributed by atoms with Crippen molar-refractivity contribution in [2.75, 3.05) is 31.1 Å². The van der Waals surface area contributed by atoms with Crippen LogP contribution in [0.15, 0.2) is 47.8 Å². The Labute approximate surface area is 174 Å². The largest absolute Gasteiger partial charge is 0.357 e. The van der Waals surface area contributed by atoms with Gasteiger partial charge >= 0.3 is 0 Å². The van der Waals surface area contributed by atoms with Gasteiger partial charge in [0.2, 0.25) is 0 Å². The van der Waals surface area contributed by atoms with Crippen LogP contribution in [0.25, 0.3) is 0 Å². The molecule has 2 rings (SSSR count). The van der Waals surface area contributed by atoms with E-state index in [1.54, 1.807) is 0 Å². The minimum absolute atomic E-state index is 0. The van der Waals surface area contributed by atoms with E-state index in [-0.39, 0.29) is 24.0 Å². The van der Waals surface area contributed by atoms with Crippen molar-refractivity contribution in [1.82, 2.24) is 20.2 Å². The van der Waals surface area contributed by atoms with Crippen LogP contribution in [-0.4, -0.2) is 41.7 Å². The minimum atomic E-state index is 0. The van der Waals surface area contributed by atoms with Crippen LogP contribution in [0.2, 0.25) is 0 Å². The maximum absolute atomic E-state index is 4.65. The van der Waals surface area contributed by atoms with E-state index < -0.39 is 0 Å². The topological polar surface area (TPSA) is 57.5 Å². The van der Waals surface area contributed by atoms with Crippen molar-refractivity contribution < 1.29 is 0 Å². The van der Waals surface area contributed by atoms with Gasteiger partial charge in [-0.3, -0.25) is 0 Å². The van der Waals surface area contributed by atoms with Gasteiger partial charge in [-0.1, -0.05) is 6.07 Å². The Morgan fingerprint density at radius 3 is 2.42 bits per heavy atom. The van der Waals surface area contributed by atoms with Crippen molar-refractivity contribution in [1.29, 1.82) is 0 Å². The molecule has 0 aliphatic carbocycles. The zero-order valence-electron chi connectivity index (χ0n) is 16.0. The fourth-order valence-electron chi connectivity index (χ4n) is 2.58. The summed E-state index contributed by atoms with van der Waals surface area (Å²) in [5, 5.41) is 6.65. The molecule has 0 radical (unpaired) electrons. The van der Waals surface area contributed by atoms with Gasteiger partial charge in [0.25, 0.3) is 0 Å². The summed E-state index contributed by atoms with van der Waals surface area (Å²) in [6.07, 6.45) is 6.05. The highest BCUT2D eigenvalue weighted by molar-refractivity contribution is 14.0. The van der Waals surface area contributed by atoms with Crippen LogP contribution in [0.5, 0.6) is 0 Å². The molecule has 2 heterocycles. The van der Waals surface area contributed by atoms with Crippen LogP contribution in [0.4, 0.5) is 5.82 Å². The van der Waals surface area contributed by atoms with Gasteiger partial charge < -0.3 is 20.1 Å². The molecule has 7 heteroatoms. The minimum Gasteiger partial charge on any atom is -0.357 e. The molecule has 0 spiro atoms. The average Bonchev–Trinajstić information content (AvgIpc) is 3.15. The van der Waals surface area contributed by atoms with Gasteiger partial charge in [-0.25, -0.2) is 9.98 Å². The fraction of sp³-hybridized carbons (Fsp3) is 0.474. The summed E-state index contributed by atoms with van der Waals surface area (Å²) in [4.78, 5) is 11.4. The Kier molecular flexibility index (Phi) is 10.8. The molecular formula is C19H31IN6. The lowest BCUT2D eigenvalue weighted by Crippen LogP contribution is -2.38. The average molecular weight is 470 g/mol. The normalized spacial score (nSPS) is 11.0. The molecule has 0 unspecified atom stereocenters. The van der Waals surface area contributed by atoms with E-state index in [0.29, 0.717) is 6.54 Å². The van der Waals surface area contributed by atoms with Crippen LogP contribution < -0.4 is 15.5 Å². The van der Waals surface area contributed by atoms with E-state index in [1.165, 1.54) is 0 Å². The Morgan fingerprint density at radius 1 is 1.12 bits per heavy atom. The second-order valence-electron chi connectivity index (χ2n) is 5.74.